The molecule has 2 rings (SSSR count). The van der Waals surface area contributed by atoms with Gasteiger partial charge >= 0.3 is 0 Å². The molecule has 0 atom stereocenters. The van der Waals surface area contributed by atoms with Crippen molar-refractivity contribution in [2.75, 3.05) is 0 Å². The Morgan fingerprint density at radius 2 is 2.15 bits per heavy atom. The van der Waals surface area contributed by atoms with E-state index in [1.165, 1.54) is 4.68 Å². The molecule has 0 fully saturated rings. The summed E-state index contributed by atoms with van der Waals surface area (Å²) in [4.78, 5) is 11.1. The predicted octanol–water partition coefficient (Wildman–Crippen LogP) is 2.81. The van der Waals surface area contributed by atoms with Gasteiger partial charge in [0.25, 0.3) is 0 Å². The van der Waals surface area contributed by atoms with Gasteiger partial charge in [-0.2, -0.15) is 5.10 Å². The van der Waals surface area contributed by atoms with Crippen LogP contribution in [0.15, 0.2) is 17.4 Å². The summed E-state index contributed by atoms with van der Waals surface area (Å²) < 4.78 is 7.08. The van der Waals surface area contributed by atoms with Crippen LogP contribution in [0.5, 0.6) is 5.88 Å². The van der Waals surface area contributed by atoms with Crippen molar-refractivity contribution in [3.05, 3.63) is 28.7 Å². The second-order valence-electron chi connectivity index (χ2n) is 5.27. The Morgan fingerprint density at radius 1 is 1.45 bits per heavy atom. The van der Waals surface area contributed by atoms with Crippen molar-refractivity contribution in [2.45, 2.75) is 39.7 Å². The average Bonchev–Trinajstić information content (AvgIpc) is 2.67. The number of hydrogen-bond donors (Lipinski definition) is 1. The van der Waals surface area contributed by atoms with Crippen LogP contribution in [-0.2, 0) is 11.8 Å². The van der Waals surface area contributed by atoms with Crippen LogP contribution in [0.3, 0.4) is 0 Å². The van der Waals surface area contributed by atoms with Crippen molar-refractivity contribution in [1.82, 2.24) is 9.78 Å². The smallest absolute Gasteiger partial charge is 0.220 e. The molecule has 5 nitrogen and oxygen atoms in total. The standard InChI is InChI=1S/C15H20N2O3/c1-9(2)20-13-6-5-11(7-10(13)3)14-12(8-18)15(19)17(4)16-14/h7-9,19H,5-6H2,1-4H3. The van der Waals surface area contributed by atoms with Crippen LogP contribution in [0.4, 0.5) is 0 Å². The first-order chi connectivity index (χ1) is 9.43. The minimum atomic E-state index is -0.0956. The molecule has 1 aliphatic rings. The van der Waals surface area contributed by atoms with E-state index in [0.717, 1.165) is 29.7 Å². The molecule has 1 aromatic rings. The van der Waals surface area contributed by atoms with Crippen LogP contribution in [0.2, 0.25) is 0 Å². The summed E-state index contributed by atoms with van der Waals surface area (Å²) >= 11 is 0. The second-order valence-corrected chi connectivity index (χ2v) is 5.27. The fourth-order valence-electron chi connectivity index (χ4n) is 2.36. The molecule has 0 spiro atoms. The lowest BCUT2D eigenvalue weighted by atomic mass is 9.94. The molecular formula is C15H20N2O3. The fourth-order valence-corrected chi connectivity index (χ4v) is 2.36. The SMILES string of the molecule is CC1=C(OC(C)C)CCC(c2nn(C)c(O)c2C=O)=C1. The molecule has 1 aliphatic carbocycles. The molecule has 0 saturated carbocycles. The Labute approximate surface area is 118 Å². The number of aromatic hydroxyl groups is 1. The van der Waals surface area contributed by atoms with Gasteiger partial charge in [-0.3, -0.25) is 4.79 Å². The van der Waals surface area contributed by atoms with Gasteiger partial charge < -0.3 is 9.84 Å². The molecule has 1 aromatic heterocycles. The number of rotatable bonds is 4. The zero-order valence-corrected chi connectivity index (χ0v) is 12.3. The third kappa shape index (κ3) is 2.61. The molecule has 0 bridgehead atoms. The molecule has 20 heavy (non-hydrogen) atoms. The van der Waals surface area contributed by atoms with E-state index in [9.17, 15) is 9.90 Å². The van der Waals surface area contributed by atoms with Crippen LogP contribution in [0.25, 0.3) is 5.57 Å². The highest BCUT2D eigenvalue weighted by Crippen LogP contribution is 2.34. The van der Waals surface area contributed by atoms with E-state index in [0.29, 0.717) is 12.0 Å². The molecule has 0 aromatic carbocycles. The number of aryl methyl sites for hydroxylation is 1. The molecular weight excluding hydrogens is 256 g/mol. The fraction of sp³-hybridized carbons (Fsp3) is 0.467. The van der Waals surface area contributed by atoms with Crippen LogP contribution >= 0.6 is 0 Å². The molecule has 108 valence electrons. The van der Waals surface area contributed by atoms with Gasteiger partial charge in [0.1, 0.15) is 11.3 Å². The lowest BCUT2D eigenvalue weighted by Gasteiger charge is -2.20. The first-order valence-electron chi connectivity index (χ1n) is 6.72. The molecule has 1 heterocycles. The number of carbonyl (C=O) groups excluding carboxylic acids is 1. The van der Waals surface area contributed by atoms with Crippen molar-refractivity contribution in [3.8, 4) is 5.88 Å². The molecule has 5 heteroatoms. The van der Waals surface area contributed by atoms with E-state index in [2.05, 4.69) is 5.10 Å². The van der Waals surface area contributed by atoms with E-state index in [1.807, 2.05) is 26.8 Å². The van der Waals surface area contributed by atoms with E-state index in [-0.39, 0.29) is 17.5 Å². The Morgan fingerprint density at radius 3 is 2.70 bits per heavy atom. The number of allylic oxidation sites excluding steroid dienone is 4. The molecule has 0 aliphatic heterocycles. The maximum atomic E-state index is 11.1. The van der Waals surface area contributed by atoms with Gasteiger partial charge in [-0.1, -0.05) is 6.08 Å². The highest BCUT2D eigenvalue weighted by atomic mass is 16.5. The first kappa shape index (κ1) is 14.4. The van der Waals surface area contributed by atoms with Gasteiger partial charge in [0.05, 0.1) is 11.9 Å². The van der Waals surface area contributed by atoms with Gasteiger partial charge in [0.2, 0.25) is 5.88 Å². The summed E-state index contributed by atoms with van der Waals surface area (Å²) in [5.74, 6) is 0.887. The number of nitrogens with zero attached hydrogens (tertiary/aromatic N) is 2. The first-order valence-corrected chi connectivity index (χ1v) is 6.72. The summed E-state index contributed by atoms with van der Waals surface area (Å²) in [5, 5.41) is 14.0. The number of ether oxygens (including phenoxy) is 1. The summed E-state index contributed by atoms with van der Waals surface area (Å²) in [7, 11) is 1.62. The maximum absolute atomic E-state index is 11.1. The highest BCUT2D eigenvalue weighted by Gasteiger charge is 2.21. The Bertz CT molecular complexity index is 595. The van der Waals surface area contributed by atoms with E-state index in [1.54, 1.807) is 7.05 Å². The Kier molecular flexibility index (Phi) is 3.97. The predicted molar refractivity (Wildman–Crippen MR) is 76.4 cm³/mol. The van der Waals surface area contributed by atoms with Crippen molar-refractivity contribution >= 4 is 11.9 Å². The monoisotopic (exact) mass is 276 g/mol. The van der Waals surface area contributed by atoms with Crippen molar-refractivity contribution in [2.24, 2.45) is 7.05 Å². The zero-order chi connectivity index (χ0) is 14.9. The van der Waals surface area contributed by atoms with Gasteiger partial charge in [0, 0.05) is 13.5 Å². The van der Waals surface area contributed by atoms with Crippen LogP contribution in [0.1, 0.15) is 49.7 Å². The van der Waals surface area contributed by atoms with Crippen LogP contribution in [0, 0.1) is 0 Å². The summed E-state index contributed by atoms with van der Waals surface area (Å²) in [6.45, 7) is 5.99. The number of hydrogen-bond acceptors (Lipinski definition) is 4. The van der Waals surface area contributed by atoms with Crippen LogP contribution < -0.4 is 0 Å². The van der Waals surface area contributed by atoms with E-state index in [4.69, 9.17) is 4.74 Å². The minimum absolute atomic E-state index is 0.0956. The van der Waals surface area contributed by atoms with Gasteiger partial charge in [-0.15, -0.1) is 0 Å². The van der Waals surface area contributed by atoms with E-state index >= 15 is 0 Å². The minimum Gasteiger partial charge on any atom is -0.495 e. The summed E-state index contributed by atoms with van der Waals surface area (Å²) in [6.07, 6.45) is 4.31. The van der Waals surface area contributed by atoms with Crippen LogP contribution in [-0.4, -0.2) is 27.3 Å². The quantitative estimate of drug-likeness (QED) is 0.859. The zero-order valence-electron chi connectivity index (χ0n) is 12.3. The van der Waals surface area contributed by atoms with Gasteiger partial charge in [-0.05, 0) is 38.3 Å². The van der Waals surface area contributed by atoms with Crippen molar-refractivity contribution < 1.29 is 14.6 Å². The van der Waals surface area contributed by atoms with Crippen molar-refractivity contribution in [1.29, 1.82) is 0 Å². The second kappa shape index (κ2) is 5.53. The maximum Gasteiger partial charge on any atom is 0.220 e. The largest absolute Gasteiger partial charge is 0.495 e. The summed E-state index contributed by atoms with van der Waals surface area (Å²) in [6, 6.07) is 0. The lowest BCUT2D eigenvalue weighted by molar-refractivity contribution is 0.112. The third-order valence-corrected chi connectivity index (χ3v) is 3.30. The normalized spacial score (nSPS) is 15.6. The molecule has 0 radical (unpaired) electrons. The topological polar surface area (TPSA) is 64.3 Å². The molecule has 1 N–H and O–H groups in total. The third-order valence-electron chi connectivity index (χ3n) is 3.30. The Balaban J connectivity index is 2.39. The Hall–Kier alpha value is -2.04. The summed E-state index contributed by atoms with van der Waals surface area (Å²) in [5.41, 5.74) is 2.81. The molecule has 0 amide bonds. The molecule has 0 saturated heterocycles. The van der Waals surface area contributed by atoms with Crippen molar-refractivity contribution in [3.63, 3.8) is 0 Å². The van der Waals surface area contributed by atoms with Gasteiger partial charge in [0.15, 0.2) is 6.29 Å². The molecule has 0 unspecified atom stereocenters. The number of carbonyl (C=O) groups is 1. The van der Waals surface area contributed by atoms with Gasteiger partial charge in [-0.25, -0.2) is 4.68 Å². The number of aromatic nitrogens is 2. The average molecular weight is 276 g/mol. The van der Waals surface area contributed by atoms with E-state index < -0.39 is 0 Å². The highest BCUT2D eigenvalue weighted by molar-refractivity contribution is 5.87. The lowest BCUT2D eigenvalue weighted by Crippen LogP contribution is -2.07. The number of aldehydes is 1.